The topological polar surface area (TPSA) is 99.9 Å². The summed E-state index contributed by atoms with van der Waals surface area (Å²) in [5, 5.41) is 4.70. The van der Waals surface area contributed by atoms with Gasteiger partial charge in [0.05, 0.1) is 36.8 Å². The SMILES string of the molecule is O=c1c2c(-c3noc(C4CCOC4)n3)ncn2c2ccc(Cl)cc2n1CCN1CCOCC1. The average Bonchev–Trinajstić information content (AvgIpc) is 3.59. The fraction of sp³-hybridized carbons (Fsp3) is 0.455. The standard InChI is InChI=1S/C22H23ClN6O4/c23-15-1-2-16-17(11-15)28(5-4-27-6-9-31-10-7-27)22(30)19-18(24-13-29(16)19)20-25-21(33-26-20)14-3-8-32-12-14/h1-2,11,13-14H,3-10,12H2. The van der Waals surface area contributed by atoms with E-state index in [0.717, 1.165) is 37.1 Å². The van der Waals surface area contributed by atoms with Crippen LogP contribution in [-0.2, 0) is 16.0 Å². The molecule has 5 heterocycles. The summed E-state index contributed by atoms with van der Waals surface area (Å²) in [6, 6.07) is 5.54. The summed E-state index contributed by atoms with van der Waals surface area (Å²) >= 11 is 6.30. The summed E-state index contributed by atoms with van der Waals surface area (Å²) in [6.07, 6.45) is 2.47. The van der Waals surface area contributed by atoms with Crippen LogP contribution in [0.3, 0.4) is 0 Å². The van der Waals surface area contributed by atoms with Crippen LogP contribution >= 0.6 is 11.6 Å². The number of aromatic nitrogens is 5. The average molecular weight is 471 g/mol. The predicted octanol–water partition coefficient (Wildman–Crippen LogP) is 2.19. The van der Waals surface area contributed by atoms with Crippen molar-refractivity contribution < 1.29 is 14.0 Å². The highest BCUT2D eigenvalue weighted by Gasteiger charge is 2.26. The summed E-state index contributed by atoms with van der Waals surface area (Å²) in [5.41, 5.74) is 2.26. The fourth-order valence-electron chi connectivity index (χ4n) is 4.57. The molecule has 1 atom stereocenters. The van der Waals surface area contributed by atoms with Crippen LogP contribution in [0.1, 0.15) is 18.2 Å². The minimum atomic E-state index is -0.166. The van der Waals surface area contributed by atoms with E-state index in [0.29, 0.717) is 60.9 Å². The van der Waals surface area contributed by atoms with Crippen LogP contribution in [-0.4, -0.2) is 75.1 Å². The van der Waals surface area contributed by atoms with Gasteiger partial charge < -0.3 is 18.6 Å². The van der Waals surface area contributed by atoms with Gasteiger partial charge in [0.1, 0.15) is 17.5 Å². The lowest BCUT2D eigenvalue weighted by molar-refractivity contribution is 0.0364. The smallest absolute Gasteiger partial charge is 0.277 e. The molecule has 3 aromatic heterocycles. The van der Waals surface area contributed by atoms with Crippen molar-refractivity contribution in [2.24, 2.45) is 0 Å². The molecule has 0 bridgehead atoms. The van der Waals surface area contributed by atoms with Crippen molar-refractivity contribution in [3.8, 4) is 11.5 Å². The highest BCUT2D eigenvalue weighted by Crippen LogP contribution is 2.28. The molecule has 33 heavy (non-hydrogen) atoms. The van der Waals surface area contributed by atoms with E-state index in [1.165, 1.54) is 0 Å². The summed E-state index contributed by atoms with van der Waals surface area (Å²) in [6.45, 7) is 5.61. The summed E-state index contributed by atoms with van der Waals surface area (Å²) < 4.78 is 19.9. The molecule has 0 N–H and O–H groups in total. The third-order valence-electron chi connectivity index (χ3n) is 6.38. The van der Waals surface area contributed by atoms with E-state index in [1.54, 1.807) is 15.3 Å². The highest BCUT2D eigenvalue weighted by molar-refractivity contribution is 6.31. The first-order chi connectivity index (χ1) is 16.2. The molecular weight excluding hydrogens is 448 g/mol. The Hall–Kier alpha value is -2.79. The third-order valence-corrected chi connectivity index (χ3v) is 6.61. The molecule has 0 saturated carbocycles. The summed E-state index contributed by atoms with van der Waals surface area (Å²) in [5.74, 6) is 0.904. The van der Waals surface area contributed by atoms with Gasteiger partial charge in [-0.1, -0.05) is 16.8 Å². The molecule has 2 saturated heterocycles. The van der Waals surface area contributed by atoms with Crippen LogP contribution in [0.2, 0.25) is 5.02 Å². The van der Waals surface area contributed by atoms with Gasteiger partial charge in [-0.15, -0.1) is 0 Å². The molecule has 11 heteroatoms. The summed E-state index contributed by atoms with van der Waals surface area (Å²) in [7, 11) is 0. The van der Waals surface area contributed by atoms with Crippen molar-refractivity contribution in [2.45, 2.75) is 18.9 Å². The fourth-order valence-corrected chi connectivity index (χ4v) is 4.73. The van der Waals surface area contributed by atoms with Gasteiger partial charge >= 0.3 is 0 Å². The minimum Gasteiger partial charge on any atom is -0.381 e. The van der Waals surface area contributed by atoms with Crippen LogP contribution in [0, 0.1) is 0 Å². The van der Waals surface area contributed by atoms with Crippen molar-refractivity contribution >= 4 is 28.2 Å². The lowest BCUT2D eigenvalue weighted by Crippen LogP contribution is -2.39. The van der Waals surface area contributed by atoms with E-state index in [2.05, 4.69) is 20.0 Å². The van der Waals surface area contributed by atoms with Crippen LogP contribution < -0.4 is 5.56 Å². The van der Waals surface area contributed by atoms with E-state index >= 15 is 0 Å². The first-order valence-corrected chi connectivity index (χ1v) is 11.5. The molecule has 0 radical (unpaired) electrons. The second-order valence-corrected chi connectivity index (χ2v) is 8.81. The van der Waals surface area contributed by atoms with Crippen molar-refractivity contribution in [1.82, 2.24) is 29.0 Å². The normalized spacial score (nSPS) is 19.7. The second-order valence-electron chi connectivity index (χ2n) is 8.37. The molecular formula is C22H23ClN6O4. The van der Waals surface area contributed by atoms with Gasteiger partial charge in [-0.3, -0.25) is 14.1 Å². The van der Waals surface area contributed by atoms with Gasteiger partial charge in [0, 0.05) is 37.8 Å². The van der Waals surface area contributed by atoms with E-state index < -0.39 is 0 Å². The van der Waals surface area contributed by atoms with Crippen molar-refractivity contribution in [3.05, 3.63) is 45.8 Å². The Bertz CT molecular complexity index is 1370. The Morgan fingerprint density at radius 3 is 2.79 bits per heavy atom. The van der Waals surface area contributed by atoms with E-state index in [1.807, 2.05) is 18.2 Å². The number of hydrogen-bond donors (Lipinski definition) is 0. The monoisotopic (exact) mass is 470 g/mol. The molecule has 6 rings (SSSR count). The minimum absolute atomic E-state index is 0.0771. The molecule has 1 aromatic carbocycles. The quantitative estimate of drug-likeness (QED) is 0.437. The van der Waals surface area contributed by atoms with Crippen LogP contribution in [0.15, 0.2) is 33.8 Å². The number of hydrogen-bond acceptors (Lipinski definition) is 8. The zero-order chi connectivity index (χ0) is 22.4. The Morgan fingerprint density at radius 1 is 1.09 bits per heavy atom. The van der Waals surface area contributed by atoms with E-state index in [9.17, 15) is 4.79 Å². The Kier molecular flexibility index (Phi) is 5.37. The zero-order valence-corrected chi connectivity index (χ0v) is 18.7. The summed E-state index contributed by atoms with van der Waals surface area (Å²) in [4.78, 5) is 25.1. The van der Waals surface area contributed by atoms with E-state index in [-0.39, 0.29) is 11.5 Å². The van der Waals surface area contributed by atoms with Crippen LogP contribution in [0.4, 0.5) is 0 Å². The number of nitrogens with zero attached hydrogens (tertiary/aromatic N) is 6. The maximum Gasteiger partial charge on any atom is 0.277 e. The molecule has 2 aliphatic heterocycles. The molecule has 0 spiro atoms. The molecule has 4 aromatic rings. The molecule has 10 nitrogen and oxygen atoms in total. The number of imidazole rings is 1. The molecule has 1 unspecified atom stereocenters. The maximum absolute atomic E-state index is 13.8. The third kappa shape index (κ3) is 3.72. The van der Waals surface area contributed by atoms with Crippen molar-refractivity contribution in [3.63, 3.8) is 0 Å². The first kappa shape index (κ1) is 20.8. The van der Waals surface area contributed by atoms with Gasteiger partial charge in [0.2, 0.25) is 11.7 Å². The zero-order valence-electron chi connectivity index (χ0n) is 17.9. The first-order valence-electron chi connectivity index (χ1n) is 11.1. The second kappa shape index (κ2) is 8.53. The number of ether oxygens (including phenoxy) is 2. The number of halogens is 1. The number of fused-ring (bicyclic) bond motifs is 3. The Balaban J connectivity index is 1.46. The largest absolute Gasteiger partial charge is 0.381 e. The van der Waals surface area contributed by atoms with Gasteiger partial charge in [0.25, 0.3) is 5.56 Å². The maximum atomic E-state index is 13.8. The van der Waals surface area contributed by atoms with Gasteiger partial charge in [-0.25, -0.2) is 4.98 Å². The molecule has 172 valence electrons. The highest BCUT2D eigenvalue weighted by atomic mass is 35.5. The molecule has 0 amide bonds. The van der Waals surface area contributed by atoms with Gasteiger partial charge in [-0.2, -0.15) is 4.98 Å². The van der Waals surface area contributed by atoms with Crippen molar-refractivity contribution in [2.75, 3.05) is 46.1 Å². The number of morpholine rings is 1. The van der Waals surface area contributed by atoms with Gasteiger partial charge in [-0.05, 0) is 24.6 Å². The lowest BCUT2D eigenvalue weighted by Gasteiger charge is -2.27. The molecule has 2 fully saturated rings. The molecule has 0 aliphatic carbocycles. The van der Waals surface area contributed by atoms with Crippen molar-refractivity contribution in [1.29, 1.82) is 0 Å². The van der Waals surface area contributed by atoms with E-state index in [4.69, 9.17) is 25.6 Å². The van der Waals surface area contributed by atoms with Crippen LogP contribution in [0.5, 0.6) is 0 Å². The lowest BCUT2D eigenvalue weighted by atomic mass is 10.1. The van der Waals surface area contributed by atoms with Crippen LogP contribution in [0.25, 0.3) is 28.1 Å². The Labute approximate surface area is 193 Å². The Morgan fingerprint density at radius 2 is 1.97 bits per heavy atom. The predicted molar refractivity (Wildman–Crippen MR) is 121 cm³/mol. The number of benzene rings is 1. The number of rotatable bonds is 5. The van der Waals surface area contributed by atoms with Gasteiger partial charge in [0.15, 0.2) is 0 Å². The molecule has 2 aliphatic rings.